The lowest BCUT2D eigenvalue weighted by Gasteiger charge is -2.19. The molecule has 0 spiro atoms. The molecule has 0 aromatic carbocycles. The van der Waals surface area contributed by atoms with Gasteiger partial charge in [-0.25, -0.2) is 4.79 Å². The van der Waals surface area contributed by atoms with Crippen LogP contribution in [0.5, 0.6) is 0 Å². The fourth-order valence-corrected chi connectivity index (χ4v) is 2.29. The third kappa shape index (κ3) is 6.09. The maximum atomic E-state index is 11.5. The van der Waals surface area contributed by atoms with Crippen molar-refractivity contribution in [3.8, 4) is 0 Å². The van der Waals surface area contributed by atoms with Crippen LogP contribution in [0.15, 0.2) is 24.4 Å². The zero-order valence-electron chi connectivity index (χ0n) is 13.1. The van der Waals surface area contributed by atoms with Crippen LogP contribution in [0, 0.1) is 5.41 Å². The Bertz CT molecular complexity index is 585. The molecule has 0 amide bonds. The van der Waals surface area contributed by atoms with E-state index in [1.54, 1.807) is 32.9 Å². The van der Waals surface area contributed by atoms with E-state index in [0.717, 1.165) is 0 Å². The number of hydrogen-bond donors (Lipinski definition) is 2. The highest BCUT2D eigenvalue weighted by molar-refractivity contribution is 7.16. The Kier molecular flexibility index (Phi) is 6.30. The summed E-state index contributed by atoms with van der Waals surface area (Å²) in [6, 6.07) is 3.29. The lowest BCUT2D eigenvalue weighted by molar-refractivity contribution is -0.153. The number of hydrogen-bond acceptors (Lipinski definition) is 7. The normalized spacial score (nSPS) is 11.3. The van der Waals surface area contributed by atoms with E-state index in [2.05, 4.69) is 10.1 Å². The van der Waals surface area contributed by atoms with Gasteiger partial charge in [-0.05, 0) is 45.2 Å². The van der Waals surface area contributed by atoms with Gasteiger partial charge >= 0.3 is 11.9 Å². The van der Waals surface area contributed by atoms with Crippen LogP contribution in [-0.2, 0) is 14.3 Å². The first kappa shape index (κ1) is 17.9. The van der Waals surface area contributed by atoms with Crippen LogP contribution in [0.2, 0.25) is 0 Å². The topological polar surface area (TPSA) is 88.5 Å². The molecule has 0 aliphatic heterocycles. The predicted octanol–water partition coefficient (Wildman–Crippen LogP) is 2.35. The number of allylic oxidation sites excluding steroid dienone is 1. The second kappa shape index (κ2) is 7.74. The van der Waals surface area contributed by atoms with Gasteiger partial charge in [0.1, 0.15) is 17.0 Å². The maximum Gasteiger partial charge on any atom is 0.348 e. The summed E-state index contributed by atoms with van der Waals surface area (Å²) >= 11 is 1.18. The van der Waals surface area contributed by atoms with Crippen molar-refractivity contribution in [2.75, 3.05) is 13.7 Å². The molecule has 0 saturated carbocycles. The van der Waals surface area contributed by atoms with E-state index in [-0.39, 0.29) is 18.2 Å². The van der Waals surface area contributed by atoms with E-state index in [1.165, 1.54) is 30.7 Å². The van der Waals surface area contributed by atoms with Gasteiger partial charge in [-0.15, -0.1) is 11.3 Å². The first-order valence-electron chi connectivity index (χ1n) is 6.62. The summed E-state index contributed by atoms with van der Waals surface area (Å²) in [5.41, 5.74) is -0.284. The molecule has 0 fully saturated rings. The van der Waals surface area contributed by atoms with Gasteiger partial charge < -0.3 is 14.8 Å². The summed E-state index contributed by atoms with van der Waals surface area (Å²) in [6.07, 6.45) is 3.01. The lowest BCUT2D eigenvalue weighted by Crippen LogP contribution is -2.29. The molecule has 1 aromatic rings. The first-order valence-corrected chi connectivity index (χ1v) is 7.43. The summed E-state index contributed by atoms with van der Waals surface area (Å²) < 4.78 is 9.75. The smallest absolute Gasteiger partial charge is 0.348 e. The Balaban J connectivity index is 2.46. The average Bonchev–Trinajstić information content (AvgIpc) is 2.90. The number of ether oxygens (including phenoxy) is 2. The second-order valence-electron chi connectivity index (χ2n) is 5.37. The number of carbonyl (C=O) groups excluding carboxylic acids is 2. The van der Waals surface area contributed by atoms with Crippen molar-refractivity contribution in [2.45, 2.75) is 26.4 Å². The van der Waals surface area contributed by atoms with Crippen molar-refractivity contribution in [3.05, 3.63) is 34.2 Å². The zero-order chi connectivity index (χ0) is 16.8. The molecule has 0 radical (unpaired) electrons. The van der Waals surface area contributed by atoms with Crippen LogP contribution in [0.1, 0.15) is 35.3 Å². The molecular formula is C15H20N2O4S. The van der Waals surface area contributed by atoms with Crippen LogP contribution < -0.4 is 5.32 Å². The molecule has 0 bridgehead atoms. The second-order valence-corrected chi connectivity index (χ2v) is 6.45. The highest BCUT2D eigenvalue weighted by Gasteiger charge is 2.15. The molecule has 7 heteroatoms. The number of nitrogens with one attached hydrogen (secondary N) is 2. The highest BCUT2D eigenvalue weighted by atomic mass is 32.1. The molecule has 120 valence electrons. The minimum atomic E-state index is -0.517. The summed E-state index contributed by atoms with van der Waals surface area (Å²) in [5.74, 6) is -0.788. The summed E-state index contributed by atoms with van der Waals surface area (Å²) in [6.45, 7) is 5.42. The standard InChI is InChI=1S/C15H20N2O4S/c1-15(2,3)21-13(18)9-17-8-7-10(16)11-5-6-12(22-11)14(19)20-4/h5-8,16-17H,9H2,1-4H3/b8-7-,16-10?. The van der Waals surface area contributed by atoms with Gasteiger partial charge in [0.15, 0.2) is 0 Å². The molecular weight excluding hydrogens is 304 g/mol. The fourth-order valence-electron chi connectivity index (χ4n) is 1.44. The molecule has 1 aromatic heterocycles. The molecule has 2 N–H and O–H groups in total. The molecule has 0 aliphatic rings. The van der Waals surface area contributed by atoms with E-state index in [0.29, 0.717) is 9.75 Å². The van der Waals surface area contributed by atoms with Gasteiger partial charge in [0, 0.05) is 0 Å². The van der Waals surface area contributed by atoms with Crippen LogP contribution in [0.25, 0.3) is 0 Å². The van der Waals surface area contributed by atoms with Crippen LogP contribution in [0.4, 0.5) is 0 Å². The van der Waals surface area contributed by atoms with Gasteiger partial charge in [-0.3, -0.25) is 10.2 Å². The van der Waals surface area contributed by atoms with Crippen molar-refractivity contribution in [1.29, 1.82) is 5.41 Å². The summed E-state index contributed by atoms with van der Waals surface area (Å²) in [4.78, 5) is 23.9. The molecule has 1 rings (SSSR count). The Labute approximate surface area is 133 Å². The average molecular weight is 324 g/mol. The third-order valence-electron chi connectivity index (χ3n) is 2.29. The van der Waals surface area contributed by atoms with E-state index >= 15 is 0 Å². The third-order valence-corrected chi connectivity index (χ3v) is 3.39. The van der Waals surface area contributed by atoms with E-state index in [1.807, 2.05) is 0 Å². The number of thiophene rings is 1. The molecule has 0 aliphatic carbocycles. The van der Waals surface area contributed by atoms with Gasteiger partial charge in [0.2, 0.25) is 0 Å². The quantitative estimate of drug-likeness (QED) is 0.619. The summed E-state index contributed by atoms with van der Waals surface area (Å²) in [7, 11) is 1.31. The molecule has 1 heterocycles. The predicted molar refractivity (Wildman–Crippen MR) is 85.5 cm³/mol. The number of esters is 2. The molecule has 0 atom stereocenters. The zero-order valence-corrected chi connectivity index (χ0v) is 13.9. The van der Waals surface area contributed by atoms with Gasteiger partial charge in [-0.2, -0.15) is 0 Å². The first-order chi connectivity index (χ1) is 10.2. The molecule has 22 heavy (non-hydrogen) atoms. The Hall–Kier alpha value is -2.15. The van der Waals surface area contributed by atoms with Crippen LogP contribution >= 0.6 is 11.3 Å². The van der Waals surface area contributed by atoms with Gasteiger partial charge in [0.25, 0.3) is 0 Å². The van der Waals surface area contributed by atoms with Crippen molar-refractivity contribution in [2.24, 2.45) is 0 Å². The van der Waals surface area contributed by atoms with E-state index in [9.17, 15) is 9.59 Å². The number of rotatable bonds is 6. The number of carbonyl (C=O) groups is 2. The van der Waals surface area contributed by atoms with Crippen molar-refractivity contribution in [3.63, 3.8) is 0 Å². The molecule has 0 unspecified atom stereocenters. The lowest BCUT2D eigenvalue weighted by atomic mass is 10.2. The van der Waals surface area contributed by atoms with Crippen molar-refractivity contribution < 1.29 is 19.1 Å². The summed E-state index contributed by atoms with van der Waals surface area (Å²) in [5, 5.41) is 10.7. The van der Waals surface area contributed by atoms with Gasteiger partial charge in [-0.1, -0.05) is 0 Å². The van der Waals surface area contributed by atoms with Crippen molar-refractivity contribution in [1.82, 2.24) is 5.32 Å². The molecule has 0 saturated heterocycles. The fraction of sp³-hybridized carbons (Fsp3) is 0.400. The van der Waals surface area contributed by atoms with Gasteiger partial charge in [0.05, 0.1) is 17.7 Å². The van der Waals surface area contributed by atoms with Crippen LogP contribution in [-0.4, -0.2) is 36.9 Å². The minimum Gasteiger partial charge on any atom is -0.465 e. The van der Waals surface area contributed by atoms with E-state index in [4.69, 9.17) is 10.1 Å². The molecule has 6 nitrogen and oxygen atoms in total. The van der Waals surface area contributed by atoms with E-state index < -0.39 is 11.6 Å². The Morgan fingerprint density at radius 1 is 1.32 bits per heavy atom. The highest BCUT2D eigenvalue weighted by Crippen LogP contribution is 2.18. The van der Waals surface area contributed by atoms with Crippen LogP contribution in [0.3, 0.4) is 0 Å². The Morgan fingerprint density at radius 2 is 1.95 bits per heavy atom. The maximum absolute atomic E-state index is 11.5. The number of methoxy groups -OCH3 is 1. The Morgan fingerprint density at radius 3 is 2.55 bits per heavy atom. The minimum absolute atomic E-state index is 0.0267. The van der Waals surface area contributed by atoms with Crippen molar-refractivity contribution >= 4 is 29.0 Å². The monoisotopic (exact) mass is 324 g/mol. The SMILES string of the molecule is COC(=O)c1ccc(C(=N)/C=C\NCC(=O)OC(C)(C)C)s1. The largest absolute Gasteiger partial charge is 0.465 e.